The molecule has 0 aliphatic carbocycles. The molecule has 0 aromatic heterocycles. The zero-order valence-corrected chi connectivity index (χ0v) is 10.8. The molecule has 4 nitrogen and oxygen atoms in total. The van der Waals surface area contributed by atoms with Gasteiger partial charge in [0.15, 0.2) is 0 Å². The second kappa shape index (κ2) is 6.01. The van der Waals surface area contributed by atoms with E-state index >= 15 is 0 Å². The van der Waals surface area contributed by atoms with E-state index in [1.807, 2.05) is 6.92 Å². The third-order valence-electron chi connectivity index (χ3n) is 3.18. The normalized spacial score (nSPS) is 15.2. The van der Waals surface area contributed by atoms with Gasteiger partial charge in [-0.05, 0) is 33.4 Å². The van der Waals surface area contributed by atoms with Crippen molar-refractivity contribution in [3.63, 3.8) is 0 Å². The van der Waals surface area contributed by atoms with Gasteiger partial charge in [-0.25, -0.2) is 0 Å². The highest BCUT2D eigenvalue weighted by atomic mass is 16.1. The monoisotopic (exact) mass is 225 g/mol. The minimum absolute atomic E-state index is 0.0775. The molecule has 1 aliphatic rings. The zero-order chi connectivity index (χ0) is 12.1. The molecule has 4 heteroatoms. The minimum Gasteiger partial charge on any atom is -0.351 e. The summed E-state index contributed by atoms with van der Waals surface area (Å²) in [5, 5.41) is 6.09. The molecule has 92 valence electrons. The Bertz CT molecular complexity index is 278. The van der Waals surface area contributed by atoms with E-state index in [4.69, 9.17) is 0 Å². The van der Waals surface area contributed by atoms with E-state index in [0.717, 1.165) is 25.2 Å². The van der Waals surface area contributed by atoms with Crippen LogP contribution in [0.25, 0.3) is 0 Å². The maximum atomic E-state index is 11.7. The van der Waals surface area contributed by atoms with Gasteiger partial charge < -0.3 is 15.5 Å². The Morgan fingerprint density at radius 2 is 2.12 bits per heavy atom. The van der Waals surface area contributed by atoms with Crippen molar-refractivity contribution in [2.24, 2.45) is 0 Å². The zero-order valence-electron chi connectivity index (χ0n) is 10.8. The topological polar surface area (TPSA) is 44.4 Å². The highest BCUT2D eigenvalue weighted by molar-refractivity contribution is 5.93. The molecule has 2 N–H and O–H groups in total. The van der Waals surface area contributed by atoms with E-state index in [2.05, 4.69) is 36.4 Å². The van der Waals surface area contributed by atoms with E-state index in [1.54, 1.807) is 0 Å². The predicted molar refractivity (Wildman–Crippen MR) is 66.3 cm³/mol. The standard InChI is InChI=1S/C12H23N3O/c1-9(2)15(4)6-5-14-12(16)10(3)11-7-13-8-11/h9,13H,5-8H2,1-4H3,(H,14,16). The molecule has 0 atom stereocenters. The Labute approximate surface area is 98.1 Å². The van der Waals surface area contributed by atoms with Gasteiger partial charge in [-0.2, -0.15) is 0 Å². The van der Waals surface area contributed by atoms with Crippen molar-refractivity contribution >= 4 is 5.91 Å². The first-order valence-corrected chi connectivity index (χ1v) is 5.90. The van der Waals surface area contributed by atoms with Crippen LogP contribution in [0.3, 0.4) is 0 Å². The van der Waals surface area contributed by atoms with Crippen LogP contribution in [0.5, 0.6) is 0 Å². The average Bonchev–Trinajstić information content (AvgIpc) is 2.14. The molecule has 1 aliphatic heterocycles. The largest absolute Gasteiger partial charge is 0.351 e. The highest BCUT2D eigenvalue weighted by Gasteiger charge is 2.15. The molecule has 0 spiro atoms. The summed E-state index contributed by atoms with van der Waals surface area (Å²) in [7, 11) is 2.07. The number of rotatable bonds is 5. The Morgan fingerprint density at radius 1 is 1.50 bits per heavy atom. The van der Waals surface area contributed by atoms with Gasteiger partial charge >= 0.3 is 0 Å². The number of carbonyl (C=O) groups is 1. The van der Waals surface area contributed by atoms with Crippen LogP contribution in [-0.2, 0) is 4.79 Å². The van der Waals surface area contributed by atoms with Gasteiger partial charge in [0.25, 0.3) is 0 Å². The van der Waals surface area contributed by atoms with Gasteiger partial charge in [0.05, 0.1) is 0 Å². The molecule has 1 fully saturated rings. The third-order valence-corrected chi connectivity index (χ3v) is 3.18. The lowest BCUT2D eigenvalue weighted by atomic mass is 10.0. The third kappa shape index (κ3) is 3.61. The molecule has 0 saturated carbocycles. The number of carbonyl (C=O) groups excluding carboxylic acids is 1. The average molecular weight is 225 g/mol. The summed E-state index contributed by atoms with van der Waals surface area (Å²) in [6, 6.07) is 0.521. The summed E-state index contributed by atoms with van der Waals surface area (Å²) < 4.78 is 0. The molecule has 16 heavy (non-hydrogen) atoms. The second-order valence-electron chi connectivity index (χ2n) is 4.66. The summed E-state index contributed by atoms with van der Waals surface area (Å²) in [6.45, 7) is 9.54. The molecular formula is C12H23N3O. The molecule has 0 aromatic carbocycles. The number of amides is 1. The molecule has 1 rings (SSSR count). The Balaban J connectivity index is 2.25. The van der Waals surface area contributed by atoms with Crippen LogP contribution in [-0.4, -0.2) is 50.1 Å². The quantitative estimate of drug-likeness (QED) is 0.664. The Kier molecular flexibility index (Phi) is 4.96. The number of hydrogen-bond donors (Lipinski definition) is 2. The smallest absolute Gasteiger partial charge is 0.247 e. The van der Waals surface area contributed by atoms with Crippen LogP contribution in [0.4, 0.5) is 0 Å². The van der Waals surface area contributed by atoms with Crippen LogP contribution < -0.4 is 10.6 Å². The van der Waals surface area contributed by atoms with Crippen LogP contribution in [0, 0.1) is 0 Å². The van der Waals surface area contributed by atoms with Crippen molar-refractivity contribution in [3.8, 4) is 0 Å². The lowest BCUT2D eigenvalue weighted by Crippen LogP contribution is -2.39. The van der Waals surface area contributed by atoms with Gasteiger partial charge in [0, 0.05) is 37.8 Å². The molecule has 1 amide bonds. The molecule has 0 aromatic rings. The van der Waals surface area contributed by atoms with Crippen molar-refractivity contribution in [2.45, 2.75) is 26.8 Å². The SMILES string of the molecule is CC(C(=O)NCCN(C)C(C)C)=C1CNC1. The van der Waals surface area contributed by atoms with Gasteiger partial charge in [0.1, 0.15) is 0 Å². The maximum Gasteiger partial charge on any atom is 0.247 e. The van der Waals surface area contributed by atoms with Crippen LogP contribution in [0.15, 0.2) is 11.1 Å². The van der Waals surface area contributed by atoms with Crippen molar-refractivity contribution in [3.05, 3.63) is 11.1 Å². The minimum atomic E-state index is 0.0775. The number of likely N-dealkylation sites (N-methyl/N-ethyl adjacent to an activating group) is 1. The summed E-state index contributed by atoms with van der Waals surface area (Å²) in [6.07, 6.45) is 0. The lowest BCUT2D eigenvalue weighted by Gasteiger charge is -2.23. The van der Waals surface area contributed by atoms with Crippen LogP contribution in [0.2, 0.25) is 0 Å². The van der Waals surface area contributed by atoms with Crippen LogP contribution >= 0.6 is 0 Å². The molecule has 0 bridgehead atoms. The summed E-state index contributed by atoms with van der Waals surface area (Å²) in [4.78, 5) is 13.9. The molecular weight excluding hydrogens is 202 g/mol. The fourth-order valence-corrected chi connectivity index (χ4v) is 1.41. The first-order chi connectivity index (χ1) is 7.52. The molecule has 1 saturated heterocycles. The van der Waals surface area contributed by atoms with Gasteiger partial charge in [-0.15, -0.1) is 0 Å². The van der Waals surface area contributed by atoms with Crippen molar-refractivity contribution < 1.29 is 4.79 Å². The van der Waals surface area contributed by atoms with Crippen molar-refractivity contribution in [1.29, 1.82) is 0 Å². The highest BCUT2D eigenvalue weighted by Crippen LogP contribution is 2.08. The molecule has 0 unspecified atom stereocenters. The molecule has 0 radical (unpaired) electrons. The first kappa shape index (κ1) is 13.2. The van der Waals surface area contributed by atoms with Crippen molar-refractivity contribution in [2.75, 3.05) is 33.2 Å². The summed E-state index contributed by atoms with van der Waals surface area (Å²) >= 11 is 0. The number of nitrogens with one attached hydrogen (secondary N) is 2. The Hall–Kier alpha value is -0.870. The number of nitrogens with zero attached hydrogens (tertiary/aromatic N) is 1. The van der Waals surface area contributed by atoms with E-state index in [0.29, 0.717) is 12.6 Å². The van der Waals surface area contributed by atoms with E-state index in [1.165, 1.54) is 5.57 Å². The van der Waals surface area contributed by atoms with Gasteiger partial charge in [-0.1, -0.05) is 0 Å². The maximum absolute atomic E-state index is 11.7. The molecule has 1 heterocycles. The second-order valence-corrected chi connectivity index (χ2v) is 4.66. The predicted octanol–water partition coefficient (Wildman–Crippen LogP) is 0.363. The van der Waals surface area contributed by atoms with E-state index in [9.17, 15) is 4.79 Å². The fourth-order valence-electron chi connectivity index (χ4n) is 1.41. The van der Waals surface area contributed by atoms with E-state index in [-0.39, 0.29) is 5.91 Å². The van der Waals surface area contributed by atoms with Gasteiger partial charge in [-0.3, -0.25) is 4.79 Å². The summed E-state index contributed by atoms with van der Waals surface area (Å²) in [5.74, 6) is 0.0775. The number of hydrogen-bond acceptors (Lipinski definition) is 3. The lowest BCUT2D eigenvalue weighted by molar-refractivity contribution is -0.117. The first-order valence-electron chi connectivity index (χ1n) is 5.90. The van der Waals surface area contributed by atoms with E-state index < -0.39 is 0 Å². The summed E-state index contributed by atoms with van der Waals surface area (Å²) in [5.41, 5.74) is 2.11. The fraction of sp³-hybridized carbons (Fsp3) is 0.750. The van der Waals surface area contributed by atoms with Crippen LogP contribution in [0.1, 0.15) is 20.8 Å². The van der Waals surface area contributed by atoms with Crippen molar-refractivity contribution in [1.82, 2.24) is 15.5 Å². The van der Waals surface area contributed by atoms with Gasteiger partial charge in [0.2, 0.25) is 5.91 Å². The Morgan fingerprint density at radius 3 is 2.56 bits per heavy atom.